The smallest absolute Gasteiger partial charge is 0.328 e. The molecule has 1 atom stereocenters. The Labute approximate surface area is 118 Å². The van der Waals surface area contributed by atoms with E-state index in [1.54, 1.807) is 35.8 Å². The minimum absolute atomic E-state index is 0.131. The van der Waals surface area contributed by atoms with E-state index in [1.165, 1.54) is 16.2 Å². The maximum atomic E-state index is 12.2. The van der Waals surface area contributed by atoms with Gasteiger partial charge in [0.2, 0.25) is 0 Å². The lowest BCUT2D eigenvalue weighted by Gasteiger charge is -2.17. The summed E-state index contributed by atoms with van der Waals surface area (Å²) in [5.41, 5.74) is 1.29. The topological polar surface area (TPSA) is 82.5 Å². The van der Waals surface area contributed by atoms with Crippen LogP contribution in [0.2, 0.25) is 0 Å². The number of nitrogens with zero attached hydrogens (tertiary/aromatic N) is 2. The summed E-state index contributed by atoms with van der Waals surface area (Å²) in [7, 11) is 0. The van der Waals surface area contributed by atoms with Crippen molar-refractivity contribution >= 4 is 34.2 Å². The fourth-order valence-corrected chi connectivity index (χ4v) is 2.77. The maximum absolute atomic E-state index is 12.2. The quantitative estimate of drug-likeness (QED) is 0.889. The lowest BCUT2D eigenvalue weighted by atomic mass is 10.0. The molecule has 2 amide bonds. The van der Waals surface area contributed by atoms with Gasteiger partial charge in [-0.3, -0.25) is 15.0 Å². The molecule has 1 unspecified atom stereocenters. The Morgan fingerprint density at radius 2 is 2.20 bits per heavy atom. The monoisotopic (exact) mass is 289 g/mol. The average molecular weight is 289 g/mol. The van der Waals surface area contributed by atoms with Crippen molar-refractivity contribution in [3.05, 3.63) is 41.4 Å². The van der Waals surface area contributed by atoms with Crippen LogP contribution < -0.4 is 10.2 Å². The van der Waals surface area contributed by atoms with E-state index in [4.69, 9.17) is 0 Å². The number of hydrogen-bond acceptors (Lipinski definition) is 4. The van der Waals surface area contributed by atoms with Crippen molar-refractivity contribution in [1.29, 1.82) is 0 Å². The summed E-state index contributed by atoms with van der Waals surface area (Å²) < 4.78 is 0. The van der Waals surface area contributed by atoms with Crippen LogP contribution in [0.1, 0.15) is 11.5 Å². The second kappa shape index (κ2) is 4.93. The standard InChI is InChI=1S/C13H11N3O3S/c17-11(18)9-7-16(10-4-2-1-3-8(9)10)13(19)15-12-14-5-6-20-12/h1-6,9H,7H2,(H,17,18)(H,14,15,19). The van der Waals surface area contributed by atoms with E-state index in [2.05, 4.69) is 10.3 Å². The molecule has 0 bridgehead atoms. The number of carboxylic acid groups (broad SMARTS) is 1. The van der Waals surface area contributed by atoms with E-state index < -0.39 is 11.9 Å². The highest BCUT2D eigenvalue weighted by Gasteiger charge is 2.36. The summed E-state index contributed by atoms with van der Waals surface area (Å²) in [6.45, 7) is 0.131. The number of fused-ring (bicyclic) bond motifs is 1. The van der Waals surface area contributed by atoms with Gasteiger partial charge in [0, 0.05) is 23.8 Å². The van der Waals surface area contributed by atoms with Gasteiger partial charge in [-0.15, -0.1) is 11.3 Å². The third-order valence-electron chi connectivity index (χ3n) is 3.16. The van der Waals surface area contributed by atoms with Gasteiger partial charge in [0.15, 0.2) is 5.13 Å². The first kappa shape index (κ1) is 12.6. The molecule has 20 heavy (non-hydrogen) atoms. The second-order valence-corrected chi connectivity index (χ2v) is 5.22. The van der Waals surface area contributed by atoms with Gasteiger partial charge in [0.1, 0.15) is 5.92 Å². The number of hydrogen-bond donors (Lipinski definition) is 2. The van der Waals surface area contributed by atoms with Gasteiger partial charge >= 0.3 is 12.0 Å². The highest BCUT2D eigenvalue weighted by molar-refractivity contribution is 7.13. The molecular weight excluding hydrogens is 278 g/mol. The highest BCUT2D eigenvalue weighted by Crippen LogP contribution is 2.36. The van der Waals surface area contributed by atoms with Crippen LogP contribution in [0.15, 0.2) is 35.8 Å². The van der Waals surface area contributed by atoms with E-state index in [1.807, 2.05) is 0 Å². The minimum Gasteiger partial charge on any atom is -0.481 e. The molecular formula is C13H11N3O3S. The Morgan fingerprint density at radius 3 is 2.90 bits per heavy atom. The maximum Gasteiger partial charge on any atom is 0.328 e. The van der Waals surface area contributed by atoms with Crippen LogP contribution in [0.3, 0.4) is 0 Å². The van der Waals surface area contributed by atoms with Gasteiger partial charge in [-0.2, -0.15) is 0 Å². The number of thiazole rings is 1. The summed E-state index contributed by atoms with van der Waals surface area (Å²) in [5.74, 6) is -1.62. The number of carboxylic acids is 1. The molecule has 0 aliphatic carbocycles. The van der Waals surface area contributed by atoms with Gasteiger partial charge < -0.3 is 5.11 Å². The Kier molecular flexibility index (Phi) is 3.11. The first-order chi connectivity index (χ1) is 9.66. The van der Waals surface area contributed by atoms with Crippen molar-refractivity contribution in [2.45, 2.75) is 5.92 Å². The second-order valence-electron chi connectivity index (χ2n) is 4.33. The van der Waals surface area contributed by atoms with E-state index >= 15 is 0 Å². The molecule has 2 heterocycles. The van der Waals surface area contributed by atoms with Crippen LogP contribution in [0.5, 0.6) is 0 Å². The largest absolute Gasteiger partial charge is 0.481 e. The number of rotatable bonds is 2. The Bertz CT molecular complexity index is 657. The van der Waals surface area contributed by atoms with E-state index in [9.17, 15) is 14.7 Å². The number of urea groups is 1. The van der Waals surface area contributed by atoms with Crippen LogP contribution in [0, 0.1) is 0 Å². The molecule has 102 valence electrons. The molecule has 1 aliphatic heterocycles. The van der Waals surface area contributed by atoms with Gasteiger partial charge in [-0.05, 0) is 11.6 Å². The molecule has 1 aliphatic rings. The molecule has 3 rings (SSSR count). The third kappa shape index (κ3) is 2.12. The van der Waals surface area contributed by atoms with Crippen molar-refractivity contribution in [3.63, 3.8) is 0 Å². The summed E-state index contributed by atoms with van der Waals surface area (Å²) in [5, 5.41) is 14.2. The van der Waals surface area contributed by atoms with Crippen molar-refractivity contribution in [2.75, 3.05) is 16.8 Å². The number of benzene rings is 1. The first-order valence-corrected chi connectivity index (χ1v) is 6.84. The molecule has 0 radical (unpaired) electrons. The SMILES string of the molecule is O=C(O)C1CN(C(=O)Nc2nccs2)c2ccccc21. The van der Waals surface area contributed by atoms with Crippen LogP contribution in [-0.2, 0) is 4.79 Å². The molecule has 0 spiro atoms. The average Bonchev–Trinajstić information content (AvgIpc) is 3.05. The lowest BCUT2D eigenvalue weighted by Crippen LogP contribution is -2.34. The van der Waals surface area contributed by atoms with Crippen LogP contribution in [0.4, 0.5) is 15.6 Å². The lowest BCUT2D eigenvalue weighted by molar-refractivity contribution is -0.138. The summed E-state index contributed by atoms with van der Waals surface area (Å²) >= 11 is 1.31. The zero-order valence-corrected chi connectivity index (χ0v) is 11.1. The van der Waals surface area contributed by atoms with Crippen LogP contribution in [0.25, 0.3) is 0 Å². The van der Waals surface area contributed by atoms with E-state index in [-0.39, 0.29) is 12.6 Å². The fourth-order valence-electron chi connectivity index (χ4n) is 2.25. The number of aliphatic carboxylic acids is 1. The first-order valence-electron chi connectivity index (χ1n) is 5.96. The number of para-hydroxylation sites is 1. The Morgan fingerprint density at radius 1 is 1.40 bits per heavy atom. The zero-order chi connectivity index (χ0) is 14.1. The summed E-state index contributed by atoms with van der Waals surface area (Å²) in [6, 6.07) is 6.69. The Hall–Kier alpha value is -2.41. The number of amides is 2. The molecule has 0 saturated carbocycles. The van der Waals surface area contributed by atoms with Crippen molar-refractivity contribution in [1.82, 2.24) is 4.98 Å². The van der Waals surface area contributed by atoms with Gasteiger partial charge in [-0.25, -0.2) is 9.78 Å². The van der Waals surface area contributed by atoms with Crippen molar-refractivity contribution in [3.8, 4) is 0 Å². The highest BCUT2D eigenvalue weighted by atomic mass is 32.1. The number of carbonyl (C=O) groups excluding carboxylic acids is 1. The van der Waals surface area contributed by atoms with Gasteiger partial charge in [0.05, 0.1) is 0 Å². The van der Waals surface area contributed by atoms with Crippen LogP contribution >= 0.6 is 11.3 Å². The predicted octanol–water partition coefficient (Wildman–Crippen LogP) is 2.36. The minimum atomic E-state index is -0.929. The van der Waals surface area contributed by atoms with Crippen LogP contribution in [-0.4, -0.2) is 28.6 Å². The fraction of sp³-hybridized carbons (Fsp3) is 0.154. The third-order valence-corrected chi connectivity index (χ3v) is 3.85. The van der Waals surface area contributed by atoms with E-state index in [0.29, 0.717) is 16.4 Å². The summed E-state index contributed by atoms with van der Waals surface area (Å²) in [4.78, 5) is 28.9. The van der Waals surface area contributed by atoms with Gasteiger partial charge in [-0.1, -0.05) is 18.2 Å². The van der Waals surface area contributed by atoms with Crippen molar-refractivity contribution in [2.24, 2.45) is 0 Å². The van der Waals surface area contributed by atoms with Crippen molar-refractivity contribution < 1.29 is 14.7 Å². The molecule has 0 fully saturated rings. The number of anilines is 2. The van der Waals surface area contributed by atoms with E-state index in [0.717, 1.165) is 0 Å². The zero-order valence-electron chi connectivity index (χ0n) is 10.3. The summed E-state index contributed by atoms with van der Waals surface area (Å²) in [6.07, 6.45) is 1.60. The molecule has 2 aromatic rings. The van der Waals surface area contributed by atoms with Gasteiger partial charge in [0.25, 0.3) is 0 Å². The number of nitrogens with one attached hydrogen (secondary N) is 1. The molecule has 6 nitrogen and oxygen atoms in total. The predicted molar refractivity (Wildman–Crippen MR) is 75.3 cm³/mol. The molecule has 1 aromatic heterocycles. The molecule has 0 saturated heterocycles. The number of carbonyl (C=O) groups is 2. The molecule has 2 N–H and O–H groups in total. The Balaban J connectivity index is 1.88. The number of aromatic nitrogens is 1. The molecule has 7 heteroatoms. The molecule has 1 aromatic carbocycles. The normalized spacial score (nSPS) is 16.8.